The minimum atomic E-state index is -2.58. The lowest BCUT2D eigenvalue weighted by atomic mass is 9.89. The first kappa shape index (κ1) is 18.4. The van der Waals surface area contributed by atoms with Gasteiger partial charge < -0.3 is 10.6 Å². The maximum Gasteiger partial charge on any atom is 0.319 e. The van der Waals surface area contributed by atoms with Crippen molar-refractivity contribution in [1.82, 2.24) is 20.2 Å². The third kappa shape index (κ3) is 6.41. The molecule has 7 heteroatoms. The summed E-state index contributed by atoms with van der Waals surface area (Å²) < 4.78 is 26.3. The van der Waals surface area contributed by atoms with Crippen LogP contribution < -0.4 is 10.6 Å². The molecule has 0 spiro atoms. The van der Waals surface area contributed by atoms with Crippen molar-refractivity contribution in [2.75, 3.05) is 7.05 Å². The van der Waals surface area contributed by atoms with Gasteiger partial charge in [-0.1, -0.05) is 20.8 Å². The Balaban J connectivity index is 2.47. The lowest BCUT2D eigenvalue weighted by molar-refractivity contribution is 0.0668. The van der Waals surface area contributed by atoms with Crippen LogP contribution in [0.5, 0.6) is 0 Å². The van der Waals surface area contributed by atoms with Crippen LogP contribution in [0.2, 0.25) is 0 Å². The molecule has 5 nitrogen and oxygen atoms in total. The van der Waals surface area contributed by atoms with Gasteiger partial charge in [0.1, 0.15) is 5.82 Å². The Kier molecular flexibility index (Phi) is 6.77. The maximum atomic E-state index is 12.7. The van der Waals surface area contributed by atoms with Gasteiger partial charge in [0.15, 0.2) is 5.96 Å². The lowest BCUT2D eigenvalue weighted by Gasteiger charge is -2.23. The number of hydrogen-bond donors (Lipinski definition) is 2. The first-order valence-corrected chi connectivity index (χ1v) is 7.50. The molecule has 1 unspecified atom stereocenters. The summed E-state index contributed by atoms with van der Waals surface area (Å²) in [6.45, 7) is 6.31. The van der Waals surface area contributed by atoms with Crippen LogP contribution in [0.1, 0.15) is 52.9 Å². The van der Waals surface area contributed by atoms with Crippen molar-refractivity contribution in [2.45, 2.75) is 59.7 Å². The highest BCUT2D eigenvalue weighted by atomic mass is 19.3. The molecule has 0 amide bonds. The Hall–Kier alpha value is -1.66. The van der Waals surface area contributed by atoms with Crippen molar-refractivity contribution in [3.05, 3.63) is 18.2 Å². The molecule has 1 heterocycles. The predicted molar refractivity (Wildman–Crippen MR) is 85.0 cm³/mol. The van der Waals surface area contributed by atoms with Crippen molar-refractivity contribution in [2.24, 2.45) is 10.4 Å². The smallest absolute Gasteiger partial charge is 0.319 e. The van der Waals surface area contributed by atoms with Crippen LogP contribution in [-0.4, -0.2) is 28.6 Å². The molecule has 0 aromatic carbocycles. The van der Waals surface area contributed by atoms with Gasteiger partial charge in [-0.25, -0.2) is 4.98 Å². The fourth-order valence-corrected chi connectivity index (χ4v) is 1.97. The number of imidazole rings is 1. The van der Waals surface area contributed by atoms with E-state index >= 15 is 0 Å². The second-order valence-electron chi connectivity index (χ2n) is 6.60. The van der Waals surface area contributed by atoms with Crippen LogP contribution in [0.4, 0.5) is 8.78 Å². The van der Waals surface area contributed by atoms with Gasteiger partial charge in [0, 0.05) is 25.5 Å². The zero-order chi connectivity index (χ0) is 16.8. The summed E-state index contributed by atoms with van der Waals surface area (Å²) in [5.74, 6) is 0.866. The molecule has 0 fully saturated rings. The van der Waals surface area contributed by atoms with Crippen LogP contribution in [0.15, 0.2) is 17.4 Å². The standard InChI is InChI=1S/C15H27F2N5/c1-11(6-7-15(2,3)4)21-14(18-5)20-10-12-19-8-9-22(12)13(16)17/h8-9,11,13H,6-7,10H2,1-5H3,(H2,18,20,21). The molecule has 22 heavy (non-hydrogen) atoms. The van der Waals surface area contributed by atoms with Crippen molar-refractivity contribution in [3.8, 4) is 0 Å². The molecular formula is C15H27F2N5. The second kappa shape index (κ2) is 8.10. The maximum absolute atomic E-state index is 12.7. The lowest BCUT2D eigenvalue weighted by Crippen LogP contribution is -2.42. The van der Waals surface area contributed by atoms with Crippen molar-refractivity contribution < 1.29 is 8.78 Å². The van der Waals surface area contributed by atoms with Crippen LogP contribution in [0.3, 0.4) is 0 Å². The Morgan fingerprint density at radius 3 is 2.64 bits per heavy atom. The zero-order valence-electron chi connectivity index (χ0n) is 14.0. The van der Waals surface area contributed by atoms with E-state index in [4.69, 9.17) is 0 Å². The minimum Gasteiger partial charge on any atom is -0.354 e. The summed E-state index contributed by atoms with van der Waals surface area (Å²) in [7, 11) is 1.66. The van der Waals surface area contributed by atoms with E-state index in [2.05, 4.69) is 48.3 Å². The highest BCUT2D eigenvalue weighted by molar-refractivity contribution is 5.79. The molecule has 1 aromatic heterocycles. The molecule has 0 aliphatic carbocycles. The number of aliphatic imine (C=N–C) groups is 1. The first-order valence-electron chi connectivity index (χ1n) is 7.50. The molecule has 2 N–H and O–H groups in total. The van der Waals surface area contributed by atoms with Gasteiger partial charge in [-0.05, 0) is 25.2 Å². The fraction of sp³-hybridized carbons (Fsp3) is 0.733. The molecule has 126 valence electrons. The summed E-state index contributed by atoms with van der Waals surface area (Å²) in [4.78, 5) is 8.05. The zero-order valence-corrected chi connectivity index (χ0v) is 14.0. The number of guanidine groups is 1. The van der Waals surface area contributed by atoms with E-state index in [1.54, 1.807) is 7.05 Å². The average Bonchev–Trinajstić information content (AvgIpc) is 2.89. The monoisotopic (exact) mass is 315 g/mol. The van der Waals surface area contributed by atoms with Crippen LogP contribution in [-0.2, 0) is 6.54 Å². The number of nitrogens with one attached hydrogen (secondary N) is 2. The Bertz CT molecular complexity index is 477. The van der Waals surface area contributed by atoms with E-state index < -0.39 is 6.55 Å². The predicted octanol–water partition coefficient (Wildman–Crippen LogP) is 3.16. The first-order chi connectivity index (χ1) is 10.2. The molecule has 1 atom stereocenters. The van der Waals surface area contributed by atoms with Crippen molar-refractivity contribution in [1.29, 1.82) is 0 Å². The SMILES string of the molecule is CN=C(NCc1nccn1C(F)F)NC(C)CCC(C)(C)C. The molecular weight excluding hydrogens is 288 g/mol. The van der Waals surface area contributed by atoms with Gasteiger partial charge in [-0.15, -0.1) is 0 Å². The number of rotatable bonds is 6. The quantitative estimate of drug-likeness (QED) is 0.626. The van der Waals surface area contributed by atoms with Crippen molar-refractivity contribution >= 4 is 5.96 Å². The van der Waals surface area contributed by atoms with E-state index in [-0.39, 0.29) is 23.8 Å². The van der Waals surface area contributed by atoms with Crippen molar-refractivity contribution in [3.63, 3.8) is 0 Å². The normalized spacial score (nSPS) is 14.3. The number of hydrogen-bond acceptors (Lipinski definition) is 2. The fourth-order valence-electron chi connectivity index (χ4n) is 1.97. The van der Waals surface area contributed by atoms with Gasteiger partial charge in [0.2, 0.25) is 0 Å². The summed E-state index contributed by atoms with van der Waals surface area (Å²) in [6, 6.07) is 0.250. The summed E-state index contributed by atoms with van der Waals surface area (Å²) in [5.41, 5.74) is 0.287. The largest absolute Gasteiger partial charge is 0.354 e. The molecule has 0 aliphatic rings. The second-order valence-corrected chi connectivity index (χ2v) is 6.60. The third-order valence-corrected chi connectivity index (χ3v) is 3.31. The topological polar surface area (TPSA) is 54.2 Å². The van der Waals surface area contributed by atoms with Gasteiger partial charge in [-0.3, -0.25) is 9.56 Å². The molecule has 0 bridgehead atoms. The number of alkyl halides is 2. The molecule has 0 saturated heterocycles. The van der Waals surface area contributed by atoms with E-state index in [1.807, 2.05) is 0 Å². The van der Waals surface area contributed by atoms with Gasteiger partial charge in [-0.2, -0.15) is 8.78 Å². The Morgan fingerprint density at radius 1 is 1.41 bits per heavy atom. The Morgan fingerprint density at radius 2 is 2.09 bits per heavy atom. The third-order valence-electron chi connectivity index (χ3n) is 3.31. The number of nitrogens with zero attached hydrogens (tertiary/aromatic N) is 3. The molecule has 1 aromatic rings. The molecule has 0 radical (unpaired) electrons. The van der Waals surface area contributed by atoms with E-state index in [0.717, 1.165) is 17.4 Å². The van der Waals surface area contributed by atoms with Gasteiger partial charge in [0.25, 0.3) is 0 Å². The Labute approximate surface area is 131 Å². The van der Waals surface area contributed by atoms with Crippen LogP contribution >= 0.6 is 0 Å². The van der Waals surface area contributed by atoms with Gasteiger partial charge >= 0.3 is 6.55 Å². The minimum absolute atomic E-state index is 0.197. The van der Waals surface area contributed by atoms with E-state index in [1.165, 1.54) is 12.4 Å². The van der Waals surface area contributed by atoms with E-state index in [9.17, 15) is 8.78 Å². The molecule has 0 saturated carbocycles. The summed E-state index contributed by atoms with van der Waals surface area (Å²) in [6.07, 6.45) is 4.74. The molecule has 1 rings (SSSR count). The summed E-state index contributed by atoms with van der Waals surface area (Å²) >= 11 is 0. The average molecular weight is 315 g/mol. The van der Waals surface area contributed by atoms with Gasteiger partial charge in [0.05, 0.1) is 6.54 Å². The number of halogens is 2. The highest BCUT2D eigenvalue weighted by Gasteiger charge is 2.14. The number of aromatic nitrogens is 2. The van der Waals surface area contributed by atoms with Crippen LogP contribution in [0, 0.1) is 5.41 Å². The van der Waals surface area contributed by atoms with Crippen LogP contribution in [0.25, 0.3) is 0 Å². The molecule has 0 aliphatic heterocycles. The van der Waals surface area contributed by atoms with E-state index in [0.29, 0.717) is 5.96 Å². The highest BCUT2D eigenvalue weighted by Crippen LogP contribution is 2.21. The summed E-state index contributed by atoms with van der Waals surface area (Å²) in [5, 5.41) is 6.28.